The van der Waals surface area contributed by atoms with Crippen molar-refractivity contribution in [3.05, 3.63) is 60.2 Å². The van der Waals surface area contributed by atoms with E-state index in [1.54, 1.807) is 0 Å². The Morgan fingerprint density at radius 3 is 2.27 bits per heavy atom. The van der Waals surface area contributed by atoms with Crippen LogP contribution >= 0.6 is 0 Å². The molecule has 3 heteroatoms. The Hall–Kier alpha value is -2.36. The van der Waals surface area contributed by atoms with Gasteiger partial charge in [0.1, 0.15) is 0 Å². The molecule has 5 rings (SSSR count). The summed E-state index contributed by atoms with van der Waals surface area (Å²) in [5, 5.41) is 5.05. The van der Waals surface area contributed by atoms with E-state index in [0.717, 1.165) is 16.6 Å². The number of rotatable bonds is 1. The standard InChI is InChI=1S/C23H23NO2/c1-22(2)23(3,4)26-21(25-22)15-9-11-17-19(13-15)24-18-12-10-14-7-5-6-8-16(14)20(17)18/h5-13,21,24H,1-4H3. The monoisotopic (exact) mass is 345 g/mol. The van der Waals surface area contributed by atoms with E-state index in [2.05, 4.69) is 87.3 Å². The van der Waals surface area contributed by atoms with Crippen molar-refractivity contribution in [1.29, 1.82) is 0 Å². The molecule has 0 bridgehead atoms. The molecule has 0 aliphatic carbocycles. The molecule has 4 aromatic rings. The molecule has 2 heterocycles. The van der Waals surface area contributed by atoms with E-state index in [4.69, 9.17) is 9.47 Å². The average Bonchev–Trinajstić information content (AvgIpc) is 3.08. The molecular formula is C23H23NO2. The highest BCUT2D eigenvalue weighted by Crippen LogP contribution is 2.45. The van der Waals surface area contributed by atoms with E-state index in [1.807, 2.05) is 0 Å². The van der Waals surface area contributed by atoms with Gasteiger partial charge in [-0.1, -0.05) is 42.5 Å². The predicted molar refractivity (Wildman–Crippen MR) is 106 cm³/mol. The van der Waals surface area contributed by atoms with Crippen LogP contribution in [0.5, 0.6) is 0 Å². The third-order valence-corrected chi connectivity index (χ3v) is 6.04. The fourth-order valence-corrected chi connectivity index (χ4v) is 3.82. The third kappa shape index (κ3) is 2.14. The van der Waals surface area contributed by atoms with E-state index >= 15 is 0 Å². The van der Waals surface area contributed by atoms with E-state index in [0.29, 0.717) is 0 Å². The Morgan fingerprint density at radius 1 is 0.769 bits per heavy atom. The highest BCUT2D eigenvalue weighted by Gasteiger charge is 2.49. The second kappa shape index (κ2) is 5.09. The van der Waals surface area contributed by atoms with Gasteiger partial charge in [-0.2, -0.15) is 0 Å². The van der Waals surface area contributed by atoms with Crippen LogP contribution in [0.4, 0.5) is 0 Å². The zero-order valence-electron chi connectivity index (χ0n) is 15.6. The molecule has 0 radical (unpaired) electrons. The van der Waals surface area contributed by atoms with Crippen LogP contribution in [0.3, 0.4) is 0 Å². The highest BCUT2D eigenvalue weighted by atomic mass is 16.7. The lowest BCUT2D eigenvalue weighted by atomic mass is 9.90. The number of hydrogen-bond acceptors (Lipinski definition) is 2. The van der Waals surface area contributed by atoms with Crippen LogP contribution in [0.25, 0.3) is 32.6 Å². The van der Waals surface area contributed by atoms with Gasteiger partial charge in [-0.3, -0.25) is 0 Å². The van der Waals surface area contributed by atoms with Gasteiger partial charge in [-0.25, -0.2) is 0 Å². The fourth-order valence-electron chi connectivity index (χ4n) is 3.82. The largest absolute Gasteiger partial charge is 0.354 e. The summed E-state index contributed by atoms with van der Waals surface area (Å²) < 4.78 is 12.4. The molecule has 1 fully saturated rings. The van der Waals surface area contributed by atoms with Crippen molar-refractivity contribution >= 4 is 32.6 Å². The van der Waals surface area contributed by atoms with Crippen molar-refractivity contribution in [2.75, 3.05) is 0 Å². The fraction of sp³-hybridized carbons (Fsp3) is 0.304. The number of ether oxygens (including phenoxy) is 2. The number of aromatic nitrogens is 1. The summed E-state index contributed by atoms with van der Waals surface area (Å²) in [7, 11) is 0. The Kier molecular flexibility index (Phi) is 3.10. The van der Waals surface area contributed by atoms with E-state index in [-0.39, 0.29) is 17.5 Å². The van der Waals surface area contributed by atoms with Gasteiger partial charge in [-0.15, -0.1) is 0 Å². The Labute approximate surface area is 152 Å². The predicted octanol–water partition coefficient (Wildman–Crippen LogP) is 6.08. The number of H-pyrrole nitrogens is 1. The summed E-state index contributed by atoms with van der Waals surface area (Å²) in [6.07, 6.45) is -0.340. The molecule has 0 atom stereocenters. The number of aromatic amines is 1. The maximum atomic E-state index is 6.21. The summed E-state index contributed by atoms with van der Waals surface area (Å²) >= 11 is 0. The van der Waals surface area contributed by atoms with Gasteiger partial charge in [0.25, 0.3) is 0 Å². The number of hydrogen-bond donors (Lipinski definition) is 1. The van der Waals surface area contributed by atoms with Crippen molar-refractivity contribution in [2.24, 2.45) is 0 Å². The minimum Gasteiger partial charge on any atom is -0.354 e. The minimum absolute atomic E-state index is 0.330. The molecule has 0 amide bonds. The molecule has 1 N–H and O–H groups in total. The van der Waals surface area contributed by atoms with Crippen LogP contribution in [0, 0.1) is 0 Å². The van der Waals surface area contributed by atoms with E-state index in [9.17, 15) is 0 Å². The molecular weight excluding hydrogens is 322 g/mol. The van der Waals surface area contributed by atoms with Crippen LogP contribution in [0.15, 0.2) is 54.6 Å². The number of fused-ring (bicyclic) bond motifs is 5. The Morgan fingerprint density at radius 2 is 1.50 bits per heavy atom. The number of benzene rings is 3. The lowest BCUT2D eigenvalue weighted by Gasteiger charge is -2.30. The SMILES string of the molecule is CC1(C)OC(c2ccc3c(c2)[nH]c2ccc4ccccc4c23)OC1(C)C. The molecule has 3 aromatic carbocycles. The Bertz CT molecular complexity index is 1140. The summed E-state index contributed by atoms with van der Waals surface area (Å²) in [5.74, 6) is 0. The highest BCUT2D eigenvalue weighted by molar-refractivity contribution is 6.20. The average molecular weight is 345 g/mol. The lowest BCUT2D eigenvalue weighted by molar-refractivity contribution is -0.0894. The molecule has 1 aliphatic heterocycles. The van der Waals surface area contributed by atoms with Gasteiger partial charge in [0.15, 0.2) is 6.29 Å². The molecule has 132 valence electrons. The summed E-state index contributed by atoms with van der Waals surface area (Å²) in [6.45, 7) is 8.34. The van der Waals surface area contributed by atoms with Crippen LogP contribution in [-0.4, -0.2) is 16.2 Å². The van der Waals surface area contributed by atoms with Crippen molar-refractivity contribution < 1.29 is 9.47 Å². The zero-order chi connectivity index (χ0) is 18.1. The minimum atomic E-state index is -0.340. The topological polar surface area (TPSA) is 34.2 Å². The Balaban J connectivity index is 1.67. The smallest absolute Gasteiger partial charge is 0.185 e. The first-order valence-electron chi connectivity index (χ1n) is 9.14. The van der Waals surface area contributed by atoms with Gasteiger partial charge in [-0.05, 0) is 50.6 Å². The summed E-state index contributed by atoms with van der Waals surface area (Å²) in [6, 6.07) is 19.3. The first kappa shape index (κ1) is 15.9. The number of nitrogens with one attached hydrogen (secondary N) is 1. The summed E-state index contributed by atoms with van der Waals surface area (Å²) in [5.41, 5.74) is 2.66. The molecule has 26 heavy (non-hydrogen) atoms. The van der Waals surface area contributed by atoms with Crippen molar-refractivity contribution in [3.8, 4) is 0 Å². The second-order valence-electron chi connectivity index (χ2n) is 8.23. The maximum absolute atomic E-state index is 6.21. The normalized spacial score (nSPS) is 19.7. The lowest BCUT2D eigenvalue weighted by Crippen LogP contribution is -2.41. The third-order valence-electron chi connectivity index (χ3n) is 6.04. The molecule has 0 unspecified atom stereocenters. The van der Waals surface area contributed by atoms with Gasteiger partial charge < -0.3 is 14.5 Å². The quantitative estimate of drug-likeness (QED) is 0.454. The van der Waals surface area contributed by atoms with Gasteiger partial charge in [0.2, 0.25) is 0 Å². The van der Waals surface area contributed by atoms with Crippen molar-refractivity contribution in [3.63, 3.8) is 0 Å². The molecule has 0 spiro atoms. The van der Waals surface area contributed by atoms with Crippen LogP contribution in [0.2, 0.25) is 0 Å². The maximum Gasteiger partial charge on any atom is 0.185 e. The van der Waals surface area contributed by atoms with E-state index < -0.39 is 0 Å². The van der Waals surface area contributed by atoms with Gasteiger partial charge in [0.05, 0.1) is 11.2 Å². The molecule has 1 aromatic heterocycles. The first-order valence-corrected chi connectivity index (χ1v) is 9.14. The van der Waals surface area contributed by atoms with Crippen LogP contribution < -0.4 is 0 Å². The van der Waals surface area contributed by atoms with E-state index in [1.165, 1.54) is 21.5 Å². The van der Waals surface area contributed by atoms with Crippen LogP contribution in [0.1, 0.15) is 39.5 Å². The molecule has 1 saturated heterocycles. The molecule has 0 saturated carbocycles. The van der Waals surface area contributed by atoms with Gasteiger partial charge >= 0.3 is 0 Å². The summed E-state index contributed by atoms with van der Waals surface area (Å²) in [4.78, 5) is 3.56. The second-order valence-corrected chi connectivity index (χ2v) is 8.23. The molecule has 3 nitrogen and oxygen atoms in total. The first-order chi connectivity index (χ1) is 12.4. The molecule has 1 aliphatic rings. The van der Waals surface area contributed by atoms with Crippen LogP contribution in [-0.2, 0) is 9.47 Å². The zero-order valence-corrected chi connectivity index (χ0v) is 15.6. The van der Waals surface area contributed by atoms with Gasteiger partial charge in [0, 0.05) is 27.4 Å². The van der Waals surface area contributed by atoms with Crippen molar-refractivity contribution in [2.45, 2.75) is 45.2 Å². The van der Waals surface area contributed by atoms with Crippen molar-refractivity contribution in [1.82, 2.24) is 4.98 Å².